The Hall–Kier alpha value is -2.51. The summed E-state index contributed by atoms with van der Waals surface area (Å²) in [5.41, 5.74) is 12.2. The van der Waals surface area contributed by atoms with Gasteiger partial charge in [-0.3, -0.25) is 9.59 Å². The fourth-order valence-electron chi connectivity index (χ4n) is 3.08. The number of pyridine rings is 1. The van der Waals surface area contributed by atoms with Gasteiger partial charge in [-0.1, -0.05) is 29.3 Å². The van der Waals surface area contributed by atoms with Gasteiger partial charge in [-0.2, -0.15) is 0 Å². The van der Waals surface area contributed by atoms with Crippen LogP contribution in [0.2, 0.25) is 10.0 Å². The molecule has 1 saturated heterocycles. The molecular weight excluding hydrogens is 403 g/mol. The molecule has 2 heterocycles. The zero-order valence-corrected chi connectivity index (χ0v) is 16.5. The van der Waals surface area contributed by atoms with Crippen LogP contribution in [0.25, 0.3) is 0 Å². The molecule has 148 valence electrons. The Balaban J connectivity index is 1.75. The van der Waals surface area contributed by atoms with Gasteiger partial charge in [-0.05, 0) is 31.0 Å². The number of benzene rings is 1. The monoisotopic (exact) mass is 422 g/mol. The van der Waals surface area contributed by atoms with Crippen LogP contribution in [-0.2, 0) is 11.4 Å². The summed E-state index contributed by atoms with van der Waals surface area (Å²) < 4.78 is 5.72. The molecule has 1 fully saturated rings. The number of carbonyl (C=O) groups excluding carboxylic acids is 2. The van der Waals surface area contributed by atoms with E-state index in [1.165, 1.54) is 12.3 Å². The molecule has 0 aliphatic carbocycles. The van der Waals surface area contributed by atoms with Crippen molar-refractivity contribution in [2.24, 2.45) is 11.7 Å². The number of anilines is 1. The van der Waals surface area contributed by atoms with E-state index < -0.39 is 5.91 Å². The summed E-state index contributed by atoms with van der Waals surface area (Å²) in [5.74, 6) is -0.580. The average Bonchev–Trinajstić information content (AvgIpc) is 2.68. The van der Waals surface area contributed by atoms with Crippen LogP contribution in [0.1, 0.15) is 28.8 Å². The Labute approximate surface area is 172 Å². The zero-order chi connectivity index (χ0) is 20.3. The van der Waals surface area contributed by atoms with Crippen molar-refractivity contribution in [2.45, 2.75) is 19.4 Å². The third-order valence-electron chi connectivity index (χ3n) is 4.67. The van der Waals surface area contributed by atoms with Gasteiger partial charge >= 0.3 is 0 Å². The summed E-state index contributed by atoms with van der Waals surface area (Å²) in [6, 6.07) is 6.68. The minimum atomic E-state index is -0.395. The number of piperidine rings is 1. The maximum absolute atomic E-state index is 12.8. The second-order valence-electron chi connectivity index (χ2n) is 6.59. The molecule has 28 heavy (non-hydrogen) atoms. The van der Waals surface area contributed by atoms with Crippen molar-refractivity contribution in [3.05, 3.63) is 51.6 Å². The summed E-state index contributed by atoms with van der Waals surface area (Å²) in [7, 11) is 0. The Kier molecular flexibility index (Phi) is 6.26. The van der Waals surface area contributed by atoms with E-state index in [1.807, 2.05) is 0 Å². The second kappa shape index (κ2) is 8.67. The Morgan fingerprint density at radius 2 is 2.00 bits per heavy atom. The Bertz CT molecular complexity index is 886. The summed E-state index contributed by atoms with van der Waals surface area (Å²) >= 11 is 12.3. The lowest BCUT2D eigenvalue weighted by Gasteiger charge is -2.31. The van der Waals surface area contributed by atoms with Crippen molar-refractivity contribution in [1.82, 2.24) is 9.88 Å². The molecule has 0 bridgehead atoms. The highest BCUT2D eigenvalue weighted by Crippen LogP contribution is 2.28. The van der Waals surface area contributed by atoms with Gasteiger partial charge in [0.25, 0.3) is 5.91 Å². The van der Waals surface area contributed by atoms with E-state index >= 15 is 0 Å². The van der Waals surface area contributed by atoms with E-state index in [9.17, 15) is 9.59 Å². The molecule has 0 spiro atoms. The molecule has 1 aromatic heterocycles. The summed E-state index contributed by atoms with van der Waals surface area (Å²) in [6.45, 7) is 0.928. The number of carbonyl (C=O) groups is 2. The molecule has 1 aromatic carbocycles. The Morgan fingerprint density at radius 1 is 1.29 bits per heavy atom. The van der Waals surface area contributed by atoms with Crippen LogP contribution in [0, 0.1) is 5.92 Å². The first kappa shape index (κ1) is 20.2. The van der Waals surface area contributed by atoms with Crippen LogP contribution in [0.5, 0.6) is 5.75 Å². The number of halogens is 2. The molecule has 0 radical (unpaired) electrons. The van der Waals surface area contributed by atoms with Gasteiger partial charge in [0.05, 0.1) is 11.5 Å². The maximum Gasteiger partial charge on any atom is 0.255 e. The number of nitrogens with two attached hydrogens (primary N) is 2. The van der Waals surface area contributed by atoms with Gasteiger partial charge in [0.2, 0.25) is 5.91 Å². The number of aromatic nitrogens is 1. The molecule has 1 atom stereocenters. The topological polar surface area (TPSA) is 112 Å². The quantitative estimate of drug-likeness (QED) is 0.768. The number of rotatable bonds is 5. The van der Waals surface area contributed by atoms with E-state index in [0.717, 1.165) is 6.42 Å². The van der Waals surface area contributed by atoms with Gasteiger partial charge in [0.1, 0.15) is 6.61 Å². The highest BCUT2D eigenvalue weighted by Gasteiger charge is 2.28. The minimum absolute atomic E-state index is 0.0789. The van der Waals surface area contributed by atoms with Gasteiger partial charge in [-0.25, -0.2) is 4.98 Å². The molecule has 3 rings (SSSR count). The molecule has 1 aliphatic heterocycles. The van der Waals surface area contributed by atoms with Crippen molar-refractivity contribution in [3.8, 4) is 5.75 Å². The first-order chi connectivity index (χ1) is 13.4. The predicted octanol–water partition coefficient (Wildman–Crippen LogP) is 2.89. The summed E-state index contributed by atoms with van der Waals surface area (Å²) in [4.78, 5) is 29.9. The van der Waals surface area contributed by atoms with Crippen LogP contribution >= 0.6 is 23.2 Å². The smallest absolute Gasteiger partial charge is 0.255 e. The molecule has 4 N–H and O–H groups in total. The first-order valence-electron chi connectivity index (χ1n) is 8.76. The Morgan fingerprint density at radius 3 is 2.68 bits per heavy atom. The molecule has 2 amide bonds. The minimum Gasteiger partial charge on any atom is -0.485 e. The molecular formula is C19H20Cl2N4O3. The van der Waals surface area contributed by atoms with Crippen molar-refractivity contribution >= 4 is 40.8 Å². The number of nitrogens with zero attached hydrogens (tertiary/aromatic N) is 2. The van der Waals surface area contributed by atoms with Gasteiger partial charge in [0, 0.05) is 34.9 Å². The highest BCUT2D eigenvalue weighted by molar-refractivity contribution is 6.35. The highest BCUT2D eigenvalue weighted by atomic mass is 35.5. The summed E-state index contributed by atoms with van der Waals surface area (Å²) in [6.07, 6.45) is 2.79. The molecule has 0 saturated carbocycles. The average molecular weight is 423 g/mol. The van der Waals surface area contributed by atoms with E-state index in [1.54, 1.807) is 23.1 Å². The second-order valence-corrected chi connectivity index (χ2v) is 7.40. The van der Waals surface area contributed by atoms with Gasteiger partial charge < -0.3 is 21.1 Å². The summed E-state index contributed by atoms with van der Waals surface area (Å²) in [5, 5.41) is 0.939. The third-order valence-corrected chi connectivity index (χ3v) is 5.38. The fraction of sp³-hybridized carbons (Fsp3) is 0.316. The van der Waals surface area contributed by atoms with Crippen molar-refractivity contribution < 1.29 is 14.3 Å². The number of likely N-dealkylation sites (tertiary alicyclic amines) is 1. The van der Waals surface area contributed by atoms with E-state index in [4.69, 9.17) is 39.4 Å². The van der Waals surface area contributed by atoms with Crippen LogP contribution in [0.4, 0.5) is 5.82 Å². The number of hydrogen-bond acceptors (Lipinski definition) is 5. The van der Waals surface area contributed by atoms with Crippen molar-refractivity contribution in [3.63, 3.8) is 0 Å². The lowest BCUT2D eigenvalue weighted by molar-refractivity contribution is -0.123. The molecule has 9 heteroatoms. The van der Waals surface area contributed by atoms with Gasteiger partial charge in [0.15, 0.2) is 11.6 Å². The number of primary amides is 1. The van der Waals surface area contributed by atoms with E-state index in [2.05, 4.69) is 4.98 Å². The SMILES string of the molecule is NC(=O)C1CCCN(C(=O)c2cnc(N)c(OCc3c(Cl)cccc3Cl)c2)C1. The number of ether oxygens (including phenoxy) is 1. The predicted molar refractivity (Wildman–Crippen MR) is 107 cm³/mol. The van der Waals surface area contributed by atoms with Crippen molar-refractivity contribution in [1.29, 1.82) is 0 Å². The lowest BCUT2D eigenvalue weighted by Crippen LogP contribution is -2.44. The fourth-order valence-corrected chi connectivity index (χ4v) is 3.59. The molecule has 2 aromatic rings. The maximum atomic E-state index is 12.8. The van der Waals surface area contributed by atoms with Crippen LogP contribution in [0.15, 0.2) is 30.5 Å². The number of hydrogen-bond donors (Lipinski definition) is 2. The third kappa shape index (κ3) is 4.48. The van der Waals surface area contributed by atoms with E-state index in [-0.39, 0.29) is 30.0 Å². The molecule has 1 aliphatic rings. The van der Waals surface area contributed by atoms with Crippen LogP contribution < -0.4 is 16.2 Å². The zero-order valence-electron chi connectivity index (χ0n) is 15.0. The number of nitrogen functional groups attached to an aromatic ring is 1. The molecule has 7 nitrogen and oxygen atoms in total. The van der Waals surface area contributed by atoms with E-state index in [0.29, 0.717) is 40.7 Å². The normalized spacial score (nSPS) is 16.6. The van der Waals surface area contributed by atoms with Crippen LogP contribution in [-0.4, -0.2) is 34.8 Å². The first-order valence-corrected chi connectivity index (χ1v) is 9.52. The standard InChI is InChI=1S/C19H20Cl2N4O3/c20-14-4-1-5-15(21)13(14)10-28-16-7-12(8-24-17(16)22)19(27)25-6-2-3-11(9-25)18(23)26/h1,4-5,7-8,11H,2-3,6,9-10H2,(H2,22,24)(H2,23,26). The van der Waals surface area contributed by atoms with Crippen LogP contribution in [0.3, 0.4) is 0 Å². The largest absolute Gasteiger partial charge is 0.485 e. The van der Waals surface area contributed by atoms with Gasteiger partial charge in [-0.15, -0.1) is 0 Å². The molecule has 1 unspecified atom stereocenters. The lowest BCUT2D eigenvalue weighted by atomic mass is 9.97. The van der Waals surface area contributed by atoms with Crippen molar-refractivity contribution in [2.75, 3.05) is 18.8 Å². The number of amides is 2.